The highest BCUT2D eigenvalue weighted by atomic mass is 16.4. The zero-order valence-electron chi connectivity index (χ0n) is 12.0. The first-order chi connectivity index (χ1) is 9.61. The van der Waals surface area contributed by atoms with Crippen LogP contribution in [0.2, 0.25) is 0 Å². The highest BCUT2D eigenvalue weighted by Gasteiger charge is 2.19. The molecule has 0 radical (unpaired) electrons. The van der Waals surface area contributed by atoms with Crippen molar-refractivity contribution >= 4 is 16.9 Å². The first-order valence-electron chi connectivity index (χ1n) is 7.06. The molecule has 0 aliphatic carbocycles. The lowest BCUT2D eigenvalue weighted by Gasteiger charge is -2.06. The molecule has 0 saturated carbocycles. The average Bonchev–Trinajstić information content (AvgIpc) is 2.70. The first kappa shape index (κ1) is 14.6. The Balaban J connectivity index is 2.73. The molecule has 0 saturated heterocycles. The van der Waals surface area contributed by atoms with Crippen LogP contribution in [0.25, 0.3) is 10.9 Å². The summed E-state index contributed by atoms with van der Waals surface area (Å²) in [4.78, 5) is 11.5. The summed E-state index contributed by atoms with van der Waals surface area (Å²) in [6, 6.07) is 5.35. The topological polar surface area (TPSA) is 62.5 Å². The number of nitrogens with zero attached hydrogens (tertiary/aromatic N) is 1. The number of aromatic carboxylic acids is 1. The Bertz CT molecular complexity index is 628. The number of carbonyl (C=O) groups is 1. The summed E-state index contributed by atoms with van der Waals surface area (Å²) in [7, 11) is 0. The van der Waals surface area contributed by atoms with E-state index in [9.17, 15) is 15.0 Å². The molecule has 0 unspecified atom stereocenters. The van der Waals surface area contributed by atoms with Crippen LogP contribution in [-0.4, -0.2) is 27.4 Å². The molecule has 2 N–H and O–H groups in total. The number of aliphatic hydroxyl groups is 1. The van der Waals surface area contributed by atoms with E-state index in [1.54, 1.807) is 12.1 Å². The van der Waals surface area contributed by atoms with Crippen molar-refractivity contribution in [2.45, 2.75) is 39.7 Å². The van der Waals surface area contributed by atoms with Crippen LogP contribution >= 0.6 is 0 Å². The summed E-state index contributed by atoms with van der Waals surface area (Å²) in [5, 5.41) is 19.5. The SMILES string of the molecule is CCCCc1c(C)n(CCO)c2cccc(C(=O)O)c12. The Morgan fingerprint density at radius 2 is 2.10 bits per heavy atom. The maximum atomic E-state index is 11.5. The standard InChI is InChI=1S/C16H21NO3/c1-3-4-6-12-11(2)17(9-10-18)14-8-5-7-13(15(12)14)16(19)20/h5,7-8,18H,3-4,6,9-10H2,1-2H3,(H,19,20). The number of aryl methyl sites for hydroxylation is 1. The smallest absolute Gasteiger partial charge is 0.336 e. The number of rotatable bonds is 6. The van der Waals surface area contributed by atoms with E-state index in [0.29, 0.717) is 12.1 Å². The molecule has 2 rings (SSSR count). The van der Waals surface area contributed by atoms with Crippen LogP contribution in [0, 0.1) is 6.92 Å². The second kappa shape index (κ2) is 6.09. The minimum Gasteiger partial charge on any atom is -0.478 e. The Kier molecular flexibility index (Phi) is 4.45. The van der Waals surface area contributed by atoms with Gasteiger partial charge in [-0.25, -0.2) is 4.79 Å². The number of aliphatic hydroxyl groups excluding tert-OH is 1. The Morgan fingerprint density at radius 1 is 1.35 bits per heavy atom. The molecule has 0 spiro atoms. The molecule has 1 aromatic carbocycles. The molecule has 0 aliphatic heterocycles. The highest BCUT2D eigenvalue weighted by Crippen LogP contribution is 2.30. The molecule has 2 aromatic rings. The van der Waals surface area contributed by atoms with E-state index in [1.807, 2.05) is 17.6 Å². The second-order valence-electron chi connectivity index (χ2n) is 5.05. The van der Waals surface area contributed by atoms with Gasteiger partial charge in [0.1, 0.15) is 0 Å². The molecule has 4 heteroatoms. The molecule has 0 fully saturated rings. The largest absolute Gasteiger partial charge is 0.478 e. The molecular formula is C16H21NO3. The van der Waals surface area contributed by atoms with Crippen molar-refractivity contribution in [1.82, 2.24) is 4.57 Å². The van der Waals surface area contributed by atoms with Gasteiger partial charge in [-0.3, -0.25) is 0 Å². The van der Waals surface area contributed by atoms with Gasteiger partial charge in [0, 0.05) is 23.1 Å². The maximum Gasteiger partial charge on any atom is 0.336 e. The summed E-state index contributed by atoms with van der Waals surface area (Å²) in [6.07, 6.45) is 2.98. The van der Waals surface area contributed by atoms with E-state index in [2.05, 4.69) is 6.92 Å². The third-order valence-corrected chi connectivity index (χ3v) is 3.81. The first-order valence-corrected chi connectivity index (χ1v) is 7.06. The van der Waals surface area contributed by atoms with Gasteiger partial charge in [-0.2, -0.15) is 0 Å². The molecule has 0 bridgehead atoms. The molecular weight excluding hydrogens is 254 g/mol. The molecule has 0 atom stereocenters. The van der Waals surface area contributed by atoms with E-state index in [4.69, 9.17) is 0 Å². The fraction of sp³-hybridized carbons (Fsp3) is 0.438. The number of benzene rings is 1. The summed E-state index contributed by atoms with van der Waals surface area (Å²) < 4.78 is 2.02. The number of carboxylic acid groups (broad SMARTS) is 1. The van der Waals surface area contributed by atoms with E-state index in [0.717, 1.165) is 41.4 Å². The van der Waals surface area contributed by atoms with Crippen LogP contribution in [0.1, 0.15) is 41.4 Å². The van der Waals surface area contributed by atoms with Crippen molar-refractivity contribution in [3.8, 4) is 0 Å². The summed E-state index contributed by atoms with van der Waals surface area (Å²) in [5.41, 5.74) is 3.43. The normalized spacial score (nSPS) is 11.2. The van der Waals surface area contributed by atoms with Gasteiger partial charge >= 0.3 is 5.97 Å². The number of unbranched alkanes of at least 4 members (excludes halogenated alkanes) is 1. The Hall–Kier alpha value is -1.81. The van der Waals surface area contributed by atoms with Crippen LogP contribution in [0.5, 0.6) is 0 Å². The Morgan fingerprint density at radius 3 is 2.70 bits per heavy atom. The van der Waals surface area contributed by atoms with Crippen LogP contribution in [0.15, 0.2) is 18.2 Å². The predicted octanol–water partition coefficient (Wildman–Crippen LogP) is 2.98. The average molecular weight is 275 g/mol. The lowest BCUT2D eigenvalue weighted by Crippen LogP contribution is -2.04. The molecule has 1 aromatic heterocycles. The fourth-order valence-electron chi connectivity index (χ4n) is 2.83. The number of hydrogen-bond donors (Lipinski definition) is 2. The van der Waals surface area contributed by atoms with Gasteiger partial charge in [0.2, 0.25) is 0 Å². The molecule has 0 aliphatic rings. The van der Waals surface area contributed by atoms with Gasteiger partial charge in [0.25, 0.3) is 0 Å². The number of fused-ring (bicyclic) bond motifs is 1. The second-order valence-corrected chi connectivity index (χ2v) is 5.05. The monoisotopic (exact) mass is 275 g/mol. The minimum absolute atomic E-state index is 0.0507. The van der Waals surface area contributed by atoms with Gasteiger partial charge in [0.15, 0.2) is 0 Å². The van der Waals surface area contributed by atoms with E-state index < -0.39 is 5.97 Å². The van der Waals surface area contributed by atoms with Crippen LogP contribution in [-0.2, 0) is 13.0 Å². The van der Waals surface area contributed by atoms with E-state index in [-0.39, 0.29) is 6.61 Å². The van der Waals surface area contributed by atoms with Crippen molar-refractivity contribution in [3.05, 3.63) is 35.0 Å². The van der Waals surface area contributed by atoms with E-state index >= 15 is 0 Å². The summed E-state index contributed by atoms with van der Waals surface area (Å²) >= 11 is 0. The van der Waals surface area contributed by atoms with Gasteiger partial charge in [0.05, 0.1) is 12.2 Å². The quantitative estimate of drug-likeness (QED) is 0.852. The number of aromatic nitrogens is 1. The van der Waals surface area contributed by atoms with Crippen LogP contribution in [0.4, 0.5) is 0 Å². The summed E-state index contributed by atoms with van der Waals surface area (Å²) in [5.74, 6) is -0.894. The molecule has 4 nitrogen and oxygen atoms in total. The van der Waals surface area contributed by atoms with Crippen molar-refractivity contribution in [3.63, 3.8) is 0 Å². The zero-order valence-corrected chi connectivity index (χ0v) is 12.0. The molecule has 1 heterocycles. The third-order valence-electron chi connectivity index (χ3n) is 3.81. The Labute approximate surface area is 118 Å². The minimum atomic E-state index is -0.894. The van der Waals surface area contributed by atoms with Crippen molar-refractivity contribution in [2.75, 3.05) is 6.61 Å². The lowest BCUT2D eigenvalue weighted by molar-refractivity contribution is 0.0699. The summed E-state index contributed by atoms with van der Waals surface area (Å²) in [6.45, 7) is 4.68. The van der Waals surface area contributed by atoms with Gasteiger partial charge in [-0.1, -0.05) is 19.4 Å². The van der Waals surface area contributed by atoms with Crippen LogP contribution in [0.3, 0.4) is 0 Å². The zero-order chi connectivity index (χ0) is 14.7. The third kappa shape index (κ3) is 2.43. The predicted molar refractivity (Wildman–Crippen MR) is 79.3 cm³/mol. The molecule has 0 amide bonds. The maximum absolute atomic E-state index is 11.5. The number of hydrogen-bond acceptors (Lipinski definition) is 2. The van der Waals surface area contributed by atoms with Crippen molar-refractivity contribution in [1.29, 1.82) is 0 Å². The van der Waals surface area contributed by atoms with Crippen molar-refractivity contribution in [2.24, 2.45) is 0 Å². The van der Waals surface area contributed by atoms with Gasteiger partial charge < -0.3 is 14.8 Å². The van der Waals surface area contributed by atoms with Gasteiger partial charge in [-0.05, 0) is 37.5 Å². The molecule has 108 valence electrons. The highest BCUT2D eigenvalue weighted by molar-refractivity contribution is 6.05. The van der Waals surface area contributed by atoms with E-state index in [1.165, 1.54) is 0 Å². The number of carboxylic acids is 1. The lowest BCUT2D eigenvalue weighted by atomic mass is 10.0. The van der Waals surface area contributed by atoms with Crippen LogP contribution < -0.4 is 0 Å². The molecule has 20 heavy (non-hydrogen) atoms. The van der Waals surface area contributed by atoms with Crippen molar-refractivity contribution < 1.29 is 15.0 Å². The fourth-order valence-corrected chi connectivity index (χ4v) is 2.83. The van der Waals surface area contributed by atoms with Gasteiger partial charge in [-0.15, -0.1) is 0 Å².